The standard InChI is InChI=1S/C10H14N2O4S/c1-7(3-9(13)15-2)12-10(14)16-5-8-4-11-6-17-8/h4,6-7H,3,5H2,1-2H3,(H,12,14). The third-order valence-corrected chi connectivity index (χ3v) is 2.65. The average molecular weight is 258 g/mol. The van der Waals surface area contributed by atoms with Crippen LogP contribution in [0.15, 0.2) is 11.7 Å². The van der Waals surface area contributed by atoms with Gasteiger partial charge in [0, 0.05) is 12.2 Å². The summed E-state index contributed by atoms with van der Waals surface area (Å²) in [5, 5.41) is 2.53. The predicted molar refractivity (Wildman–Crippen MR) is 61.5 cm³/mol. The number of thiazole rings is 1. The molecule has 0 fully saturated rings. The van der Waals surface area contributed by atoms with Gasteiger partial charge in [0.2, 0.25) is 0 Å². The summed E-state index contributed by atoms with van der Waals surface area (Å²) in [6.45, 7) is 1.88. The van der Waals surface area contributed by atoms with Crippen LogP contribution >= 0.6 is 11.3 Å². The molecule has 0 aliphatic carbocycles. The SMILES string of the molecule is COC(=O)CC(C)NC(=O)OCc1cncs1. The fourth-order valence-electron chi connectivity index (χ4n) is 1.08. The average Bonchev–Trinajstić information content (AvgIpc) is 2.78. The van der Waals surface area contributed by atoms with E-state index < -0.39 is 6.09 Å². The van der Waals surface area contributed by atoms with Gasteiger partial charge in [0.15, 0.2) is 0 Å². The first-order valence-corrected chi connectivity index (χ1v) is 5.87. The number of nitrogens with zero attached hydrogens (tertiary/aromatic N) is 1. The largest absolute Gasteiger partial charge is 0.469 e. The molecule has 6 nitrogen and oxygen atoms in total. The Bertz CT molecular complexity index is 366. The monoisotopic (exact) mass is 258 g/mol. The number of amides is 1. The molecule has 0 aliphatic rings. The molecule has 1 rings (SSSR count). The molecular weight excluding hydrogens is 244 g/mol. The van der Waals surface area contributed by atoms with E-state index in [-0.39, 0.29) is 25.0 Å². The van der Waals surface area contributed by atoms with Gasteiger partial charge in [-0.25, -0.2) is 4.79 Å². The molecule has 1 heterocycles. The van der Waals surface area contributed by atoms with Gasteiger partial charge in [-0.2, -0.15) is 0 Å². The topological polar surface area (TPSA) is 77.5 Å². The minimum Gasteiger partial charge on any atom is -0.469 e. The molecule has 1 unspecified atom stereocenters. The summed E-state index contributed by atoms with van der Waals surface area (Å²) in [6.07, 6.45) is 1.19. The van der Waals surface area contributed by atoms with Crippen molar-refractivity contribution in [3.63, 3.8) is 0 Å². The number of aromatic nitrogens is 1. The van der Waals surface area contributed by atoms with Gasteiger partial charge in [0.05, 0.1) is 23.9 Å². The summed E-state index contributed by atoms with van der Waals surface area (Å²) < 4.78 is 9.42. The number of methoxy groups -OCH3 is 1. The third kappa shape index (κ3) is 5.30. The molecule has 0 aromatic carbocycles. The third-order valence-electron chi connectivity index (χ3n) is 1.89. The minimum atomic E-state index is -0.560. The van der Waals surface area contributed by atoms with Gasteiger partial charge in [0.1, 0.15) is 6.61 Å². The maximum absolute atomic E-state index is 11.3. The molecule has 1 aromatic rings. The van der Waals surface area contributed by atoms with Gasteiger partial charge >= 0.3 is 12.1 Å². The van der Waals surface area contributed by atoms with Crippen molar-refractivity contribution in [3.8, 4) is 0 Å². The van der Waals surface area contributed by atoms with Crippen molar-refractivity contribution in [1.29, 1.82) is 0 Å². The van der Waals surface area contributed by atoms with Crippen LogP contribution in [0.5, 0.6) is 0 Å². The summed E-state index contributed by atoms with van der Waals surface area (Å²) in [5.74, 6) is -0.375. The Balaban J connectivity index is 2.22. The molecular formula is C10H14N2O4S. The molecule has 1 N–H and O–H groups in total. The molecule has 0 spiro atoms. The van der Waals surface area contributed by atoms with Gasteiger partial charge in [0.25, 0.3) is 0 Å². The number of hydrogen-bond donors (Lipinski definition) is 1. The first kappa shape index (κ1) is 13.4. The quantitative estimate of drug-likeness (QED) is 0.806. The van der Waals surface area contributed by atoms with E-state index in [1.54, 1.807) is 18.6 Å². The lowest BCUT2D eigenvalue weighted by atomic mass is 10.2. The second kappa shape index (κ2) is 6.85. The zero-order chi connectivity index (χ0) is 12.7. The van der Waals surface area contributed by atoms with Crippen LogP contribution in [0.25, 0.3) is 0 Å². The van der Waals surface area contributed by atoms with Crippen LogP contribution in [0, 0.1) is 0 Å². The van der Waals surface area contributed by atoms with E-state index in [4.69, 9.17) is 4.74 Å². The summed E-state index contributed by atoms with van der Waals surface area (Å²) in [5.41, 5.74) is 1.66. The zero-order valence-electron chi connectivity index (χ0n) is 9.63. The summed E-state index contributed by atoms with van der Waals surface area (Å²) in [6, 6.07) is -0.323. The molecule has 0 radical (unpaired) electrons. The van der Waals surface area contributed by atoms with Gasteiger partial charge in [-0.3, -0.25) is 9.78 Å². The number of nitrogens with one attached hydrogen (secondary N) is 1. The predicted octanol–water partition coefficient (Wildman–Crippen LogP) is 1.32. The first-order chi connectivity index (χ1) is 8.11. The summed E-state index contributed by atoms with van der Waals surface area (Å²) >= 11 is 1.41. The van der Waals surface area contributed by atoms with Crippen molar-refractivity contribution < 1.29 is 19.1 Å². The molecule has 1 atom stereocenters. The van der Waals surface area contributed by atoms with Crippen molar-refractivity contribution in [2.24, 2.45) is 0 Å². The van der Waals surface area contributed by atoms with Gasteiger partial charge in [-0.15, -0.1) is 11.3 Å². The second-order valence-electron chi connectivity index (χ2n) is 3.37. The molecule has 7 heteroatoms. The Morgan fingerprint density at radius 1 is 1.59 bits per heavy atom. The number of alkyl carbamates (subject to hydrolysis) is 1. The van der Waals surface area contributed by atoms with Crippen molar-refractivity contribution in [2.45, 2.75) is 26.0 Å². The highest BCUT2D eigenvalue weighted by Crippen LogP contribution is 2.06. The van der Waals surface area contributed by atoms with E-state index >= 15 is 0 Å². The Morgan fingerprint density at radius 2 is 2.35 bits per heavy atom. The molecule has 0 saturated carbocycles. The molecule has 0 bridgehead atoms. The van der Waals surface area contributed by atoms with Crippen LogP contribution < -0.4 is 5.32 Å². The van der Waals surface area contributed by atoms with Crippen molar-refractivity contribution >= 4 is 23.4 Å². The second-order valence-corrected chi connectivity index (χ2v) is 4.34. The highest BCUT2D eigenvalue weighted by atomic mass is 32.1. The van der Waals surface area contributed by atoms with Crippen molar-refractivity contribution in [3.05, 3.63) is 16.6 Å². The zero-order valence-corrected chi connectivity index (χ0v) is 10.5. The Morgan fingerprint density at radius 3 is 2.94 bits per heavy atom. The molecule has 0 aliphatic heterocycles. The van der Waals surface area contributed by atoms with Crippen molar-refractivity contribution in [2.75, 3.05) is 7.11 Å². The highest BCUT2D eigenvalue weighted by Gasteiger charge is 2.12. The molecule has 1 aromatic heterocycles. The number of hydrogen-bond acceptors (Lipinski definition) is 6. The fourth-order valence-corrected chi connectivity index (χ4v) is 1.58. The number of rotatable bonds is 5. The van der Waals surface area contributed by atoms with Crippen LogP contribution in [0.4, 0.5) is 4.79 Å². The maximum atomic E-state index is 11.3. The Labute approximate surface area is 103 Å². The maximum Gasteiger partial charge on any atom is 0.407 e. The first-order valence-electron chi connectivity index (χ1n) is 4.99. The normalized spacial score (nSPS) is 11.6. The fraction of sp³-hybridized carbons (Fsp3) is 0.500. The van der Waals surface area contributed by atoms with Gasteiger partial charge in [-0.05, 0) is 6.92 Å². The smallest absolute Gasteiger partial charge is 0.407 e. The van der Waals surface area contributed by atoms with Crippen LogP contribution in [0.1, 0.15) is 18.2 Å². The summed E-state index contributed by atoms with van der Waals surface area (Å²) in [7, 11) is 1.30. The van der Waals surface area contributed by atoms with E-state index in [1.807, 2.05) is 0 Å². The van der Waals surface area contributed by atoms with Crippen LogP contribution in [0.3, 0.4) is 0 Å². The lowest BCUT2D eigenvalue weighted by molar-refractivity contribution is -0.141. The van der Waals surface area contributed by atoms with E-state index in [1.165, 1.54) is 18.4 Å². The number of ether oxygens (including phenoxy) is 2. The van der Waals surface area contributed by atoms with Gasteiger partial charge in [-0.1, -0.05) is 0 Å². The Kier molecular flexibility index (Phi) is 5.41. The van der Waals surface area contributed by atoms with E-state index in [2.05, 4.69) is 15.0 Å². The highest BCUT2D eigenvalue weighted by molar-refractivity contribution is 7.09. The van der Waals surface area contributed by atoms with Crippen LogP contribution in [-0.2, 0) is 20.9 Å². The van der Waals surface area contributed by atoms with Crippen LogP contribution in [0.2, 0.25) is 0 Å². The lowest BCUT2D eigenvalue weighted by Crippen LogP contribution is -2.34. The molecule has 1 amide bonds. The number of carbonyl (C=O) groups is 2. The number of carbonyl (C=O) groups excluding carboxylic acids is 2. The van der Waals surface area contributed by atoms with E-state index in [0.29, 0.717) is 0 Å². The van der Waals surface area contributed by atoms with Crippen LogP contribution in [-0.4, -0.2) is 30.2 Å². The minimum absolute atomic E-state index is 0.117. The van der Waals surface area contributed by atoms with E-state index in [0.717, 1.165) is 4.88 Å². The molecule has 94 valence electrons. The molecule has 0 saturated heterocycles. The van der Waals surface area contributed by atoms with E-state index in [9.17, 15) is 9.59 Å². The van der Waals surface area contributed by atoms with Gasteiger partial charge < -0.3 is 14.8 Å². The summed E-state index contributed by atoms with van der Waals surface area (Å²) in [4.78, 5) is 27.0. The Hall–Kier alpha value is -1.63. The lowest BCUT2D eigenvalue weighted by Gasteiger charge is -2.12. The number of esters is 1. The van der Waals surface area contributed by atoms with Crippen molar-refractivity contribution in [1.82, 2.24) is 10.3 Å². The molecule has 17 heavy (non-hydrogen) atoms.